The van der Waals surface area contributed by atoms with Crippen molar-refractivity contribution < 1.29 is 4.39 Å². The van der Waals surface area contributed by atoms with E-state index >= 15 is 0 Å². The zero-order valence-electron chi connectivity index (χ0n) is 12.8. The number of imidazole rings is 1. The molecule has 2 nitrogen and oxygen atoms in total. The number of aromatic nitrogens is 2. The van der Waals surface area contributed by atoms with Gasteiger partial charge in [0.25, 0.3) is 0 Å². The van der Waals surface area contributed by atoms with Crippen LogP contribution in [0.25, 0.3) is 11.0 Å². The highest BCUT2D eigenvalue weighted by Crippen LogP contribution is 2.29. The molecule has 0 aliphatic carbocycles. The van der Waals surface area contributed by atoms with E-state index in [1.165, 1.54) is 19.3 Å². The Labute approximate surface area is 144 Å². The standard InChI is InChI=1S/C16H22FIN2S/c1-4-5-6-7-16(2,3)10-20-14-8-11(17)12(18)9-13(14)19-15(20)21/h8-9H,4-7,10H2,1-3H3,(H,19,21). The number of nitrogens with zero attached hydrogens (tertiary/aromatic N) is 1. The van der Waals surface area contributed by atoms with Crippen LogP contribution in [0.2, 0.25) is 0 Å². The number of H-pyrrole nitrogens is 1. The van der Waals surface area contributed by atoms with Gasteiger partial charge in [0, 0.05) is 12.6 Å². The predicted molar refractivity (Wildman–Crippen MR) is 97.7 cm³/mol. The Kier molecular flexibility index (Phi) is 5.46. The SMILES string of the molecule is CCCCCC(C)(C)Cn1c(=S)[nH]c2cc(I)c(F)cc21. The van der Waals surface area contributed by atoms with Crippen LogP contribution < -0.4 is 0 Å². The summed E-state index contributed by atoms with van der Waals surface area (Å²) in [5.41, 5.74) is 1.93. The van der Waals surface area contributed by atoms with Gasteiger partial charge in [-0.1, -0.05) is 40.0 Å². The second-order valence-electron chi connectivity index (χ2n) is 6.42. The van der Waals surface area contributed by atoms with E-state index in [4.69, 9.17) is 12.2 Å². The summed E-state index contributed by atoms with van der Waals surface area (Å²) >= 11 is 7.43. The van der Waals surface area contributed by atoms with Gasteiger partial charge in [-0.2, -0.15) is 0 Å². The first-order valence-electron chi connectivity index (χ1n) is 7.41. The Morgan fingerprint density at radius 1 is 1.33 bits per heavy atom. The molecule has 116 valence electrons. The van der Waals surface area contributed by atoms with Gasteiger partial charge in [-0.05, 0) is 52.7 Å². The molecule has 0 aliphatic heterocycles. The van der Waals surface area contributed by atoms with Gasteiger partial charge >= 0.3 is 0 Å². The Balaban J connectivity index is 2.31. The predicted octanol–water partition coefficient (Wildman–Crippen LogP) is 6.05. The van der Waals surface area contributed by atoms with E-state index < -0.39 is 0 Å². The molecule has 0 amide bonds. The maximum Gasteiger partial charge on any atom is 0.178 e. The second kappa shape index (κ2) is 6.77. The molecule has 2 rings (SSSR count). The molecule has 0 atom stereocenters. The Bertz CT molecular complexity index is 687. The lowest BCUT2D eigenvalue weighted by Gasteiger charge is -2.25. The first-order valence-corrected chi connectivity index (χ1v) is 8.90. The molecule has 21 heavy (non-hydrogen) atoms. The molecule has 1 aromatic carbocycles. The number of halogens is 2. The van der Waals surface area contributed by atoms with E-state index in [0.29, 0.717) is 8.34 Å². The number of rotatable bonds is 6. The van der Waals surface area contributed by atoms with Crippen molar-refractivity contribution in [1.29, 1.82) is 0 Å². The van der Waals surface area contributed by atoms with Crippen LogP contribution >= 0.6 is 34.8 Å². The van der Waals surface area contributed by atoms with Crippen molar-refractivity contribution >= 4 is 45.8 Å². The lowest BCUT2D eigenvalue weighted by molar-refractivity contribution is 0.273. The molecule has 0 spiro atoms. The van der Waals surface area contributed by atoms with Crippen molar-refractivity contribution in [3.8, 4) is 0 Å². The van der Waals surface area contributed by atoms with Crippen molar-refractivity contribution in [2.75, 3.05) is 0 Å². The van der Waals surface area contributed by atoms with E-state index in [0.717, 1.165) is 24.0 Å². The third-order valence-electron chi connectivity index (χ3n) is 3.86. The Hall–Kier alpha value is -0.430. The molecule has 0 unspecified atom stereocenters. The minimum Gasteiger partial charge on any atom is -0.331 e. The normalized spacial score (nSPS) is 12.2. The first-order chi connectivity index (χ1) is 9.84. The maximum absolute atomic E-state index is 13.9. The van der Waals surface area contributed by atoms with Crippen LogP contribution in [0.15, 0.2) is 12.1 Å². The molecular formula is C16H22FIN2S. The van der Waals surface area contributed by atoms with E-state index in [1.54, 1.807) is 6.07 Å². The summed E-state index contributed by atoms with van der Waals surface area (Å²) in [6.45, 7) is 7.54. The van der Waals surface area contributed by atoms with Crippen LogP contribution in [0.5, 0.6) is 0 Å². The number of hydrogen-bond acceptors (Lipinski definition) is 1. The van der Waals surface area contributed by atoms with Crippen molar-refractivity contribution in [3.05, 3.63) is 26.3 Å². The molecule has 2 aromatic rings. The van der Waals surface area contributed by atoms with Crippen LogP contribution in [0.3, 0.4) is 0 Å². The smallest absolute Gasteiger partial charge is 0.178 e. The van der Waals surface area contributed by atoms with Gasteiger partial charge < -0.3 is 9.55 Å². The van der Waals surface area contributed by atoms with Gasteiger partial charge in [-0.15, -0.1) is 0 Å². The minimum atomic E-state index is -0.186. The van der Waals surface area contributed by atoms with Crippen molar-refractivity contribution in [3.63, 3.8) is 0 Å². The average molecular weight is 420 g/mol. The highest BCUT2D eigenvalue weighted by molar-refractivity contribution is 14.1. The lowest BCUT2D eigenvalue weighted by atomic mass is 9.87. The molecule has 0 saturated carbocycles. The highest BCUT2D eigenvalue weighted by atomic mass is 127. The molecule has 1 heterocycles. The molecule has 1 aromatic heterocycles. The fourth-order valence-corrected chi connectivity index (χ4v) is 3.41. The van der Waals surface area contributed by atoms with Crippen molar-refractivity contribution in [1.82, 2.24) is 9.55 Å². The van der Waals surface area contributed by atoms with Gasteiger partial charge in [-0.25, -0.2) is 4.39 Å². The molecule has 0 radical (unpaired) electrons. The van der Waals surface area contributed by atoms with Crippen LogP contribution in [0.4, 0.5) is 4.39 Å². The van der Waals surface area contributed by atoms with Gasteiger partial charge in [0.2, 0.25) is 0 Å². The van der Waals surface area contributed by atoms with E-state index in [9.17, 15) is 4.39 Å². The molecule has 1 N–H and O–H groups in total. The van der Waals surface area contributed by atoms with Crippen molar-refractivity contribution in [2.45, 2.75) is 53.0 Å². The summed E-state index contributed by atoms with van der Waals surface area (Å²) in [6, 6.07) is 3.41. The fraction of sp³-hybridized carbons (Fsp3) is 0.562. The monoisotopic (exact) mass is 420 g/mol. The van der Waals surface area contributed by atoms with Crippen LogP contribution in [-0.4, -0.2) is 9.55 Å². The number of benzene rings is 1. The molecule has 0 saturated heterocycles. The Morgan fingerprint density at radius 3 is 2.71 bits per heavy atom. The molecule has 0 aliphatic rings. The number of aromatic amines is 1. The van der Waals surface area contributed by atoms with E-state index in [2.05, 4.69) is 25.8 Å². The summed E-state index contributed by atoms with van der Waals surface area (Å²) in [7, 11) is 0. The fourth-order valence-electron chi connectivity index (χ4n) is 2.67. The highest BCUT2D eigenvalue weighted by Gasteiger charge is 2.20. The minimum absolute atomic E-state index is 0.155. The molecule has 0 fully saturated rings. The lowest BCUT2D eigenvalue weighted by Crippen LogP contribution is -2.19. The molecule has 0 bridgehead atoms. The van der Waals surface area contributed by atoms with Gasteiger partial charge in [-0.3, -0.25) is 0 Å². The maximum atomic E-state index is 13.9. The summed E-state index contributed by atoms with van der Waals surface area (Å²) in [4.78, 5) is 3.19. The number of fused-ring (bicyclic) bond motifs is 1. The zero-order chi connectivity index (χ0) is 15.6. The van der Waals surface area contributed by atoms with Crippen LogP contribution in [-0.2, 0) is 6.54 Å². The van der Waals surface area contributed by atoms with E-state index in [-0.39, 0.29) is 11.2 Å². The number of hydrogen-bond donors (Lipinski definition) is 1. The molecular weight excluding hydrogens is 398 g/mol. The largest absolute Gasteiger partial charge is 0.331 e. The molecule has 5 heteroatoms. The van der Waals surface area contributed by atoms with Crippen LogP contribution in [0, 0.1) is 19.6 Å². The third-order valence-corrected chi connectivity index (χ3v) is 5.01. The first kappa shape index (κ1) is 16.9. The summed E-state index contributed by atoms with van der Waals surface area (Å²) in [6.07, 6.45) is 4.87. The number of nitrogens with one attached hydrogen (secondary N) is 1. The average Bonchev–Trinajstić information content (AvgIpc) is 2.66. The van der Waals surface area contributed by atoms with Crippen LogP contribution in [0.1, 0.15) is 46.5 Å². The van der Waals surface area contributed by atoms with E-state index in [1.807, 2.05) is 33.2 Å². The van der Waals surface area contributed by atoms with Crippen molar-refractivity contribution in [2.24, 2.45) is 5.41 Å². The van der Waals surface area contributed by atoms with Gasteiger partial charge in [0.1, 0.15) is 5.82 Å². The quantitative estimate of drug-likeness (QED) is 0.343. The summed E-state index contributed by atoms with van der Waals surface area (Å²) < 4.78 is 17.2. The third kappa shape index (κ3) is 4.06. The zero-order valence-corrected chi connectivity index (χ0v) is 15.8. The van der Waals surface area contributed by atoms with Gasteiger partial charge in [0.05, 0.1) is 14.6 Å². The topological polar surface area (TPSA) is 20.7 Å². The Morgan fingerprint density at radius 2 is 2.05 bits per heavy atom. The number of unbranched alkanes of at least 4 members (excludes halogenated alkanes) is 2. The second-order valence-corrected chi connectivity index (χ2v) is 7.97. The van der Waals surface area contributed by atoms with Gasteiger partial charge in [0.15, 0.2) is 4.77 Å². The summed E-state index contributed by atoms with van der Waals surface area (Å²) in [5, 5.41) is 0. The summed E-state index contributed by atoms with van der Waals surface area (Å²) in [5.74, 6) is -0.186.